The van der Waals surface area contributed by atoms with E-state index in [1.807, 2.05) is 0 Å². The van der Waals surface area contributed by atoms with Crippen molar-refractivity contribution in [3.8, 4) is 17.2 Å². The Labute approximate surface area is 256 Å². The molecular formula is C36H45ClO5. The predicted octanol–water partition coefficient (Wildman–Crippen LogP) is 10.6. The van der Waals surface area contributed by atoms with Crippen LogP contribution in [0.4, 0.5) is 0 Å². The van der Waals surface area contributed by atoms with Gasteiger partial charge in [-0.2, -0.15) is 0 Å². The number of ether oxygens (including phenoxy) is 3. The smallest absolute Gasteiger partial charge is 0.343 e. The summed E-state index contributed by atoms with van der Waals surface area (Å²) in [6.07, 6.45) is 18.6. The third-order valence-electron chi connectivity index (χ3n) is 7.18. The van der Waals surface area contributed by atoms with Crippen LogP contribution in [0.2, 0.25) is 5.02 Å². The Morgan fingerprint density at radius 3 is 1.29 bits per heavy atom. The lowest BCUT2D eigenvalue weighted by Crippen LogP contribution is -2.09. The van der Waals surface area contributed by atoms with E-state index in [1.54, 1.807) is 72.8 Å². The minimum Gasteiger partial charge on any atom is -0.494 e. The van der Waals surface area contributed by atoms with E-state index in [4.69, 9.17) is 25.8 Å². The van der Waals surface area contributed by atoms with Crippen molar-refractivity contribution in [2.75, 3.05) is 6.61 Å². The molecular weight excluding hydrogens is 548 g/mol. The summed E-state index contributed by atoms with van der Waals surface area (Å²) >= 11 is 5.85. The summed E-state index contributed by atoms with van der Waals surface area (Å²) in [4.78, 5) is 24.8. The summed E-state index contributed by atoms with van der Waals surface area (Å²) in [6.45, 7) is 2.95. The second-order valence-corrected chi connectivity index (χ2v) is 11.2. The number of benzene rings is 3. The molecule has 0 aromatic heterocycles. The third kappa shape index (κ3) is 13.1. The highest BCUT2D eigenvalue weighted by Gasteiger charge is 2.11. The summed E-state index contributed by atoms with van der Waals surface area (Å²) < 4.78 is 16.7. The van der Waals surface area contributed by atoms with Crippen molar-refractivity contribution in [1.29, 1.82) is 0 Å². The molecule has 0 aliphatic carbocycles. The van der Waals surface area contributed by atoms with Crippen LogP contribution in [0.3, 0.4) is 0 Å². The predicted molar refractivity (Wildman–Crippen MR) is 170 cm³/mol. The molecule has 0 spiro atoms. The molecule has 0 bridgehead atoms. The highest BCUT2D eigenvalue weighted by atomic mass is 35.5. The van der Waals surface area contributed by atoms with Crippen molar-refractivity contribution < 1.29 is 23.8 Å². The van der Waals surface area contributed by atoms with Gasteiger partial charge in [0.05, 0.1) is 17.7 Å². The van der Waals surface area contributed by atoms with Gasteiger partial charge in [0.15, 0.2) is 0 Å². The molecule has 0 fully saturated rings. The number of unbranched alkanes of at least 4 members (excludes halogenated alkanes) is 13. The van der Waals surface area contributed by atoms with E-state index in [0.717, 1.165) is 12.2 Å². The summed E-state index contributed by atoms with van der Waals surface area (Å²) in [6, 6.07) is 19.7. The monoisotopic (exact) mass is 592 g/mol. The Kier molecular flexibility index (Phi) is 15.6. The van der Waals surface area contributed by atoms with Crippen molar-refractivity contribution in [1.82, 2.24) is 0 Å². The highest BCUT2D eigenvalue weighted by Crippen LogP contribution is 2.21. The van der Waals surface area contributed by atoms with Crippen LogP contribution in [0.1, 0.15) is 118 Å². The number of esters is 2. The van der Waals surface area contributed by atoms with Crippen molar-refractivity contribution in [3.05, 3.63) is 88.9 Å². The Balaban J connectivity index is 1.24. The maximum Gasteiger partial charge on any atom is 0.343 e. The molecule has 0 N–H and O–H groups in total. The van der Waals surface area contributed by atoms with Crippen LogP contribution in [0.25, 0.3) is 0 Å². The molecule has 0 saturated carbocycles. The zero-order valence-corrected chi connectivity index (χ0v) is 25.7. The summed E-state index contributed by atoms with van der Waals surface area (Å²) in [5.74, 6) is 0.468. The molecule has 42 heavy (non-hydrogen) atoms. The van der Waals surface area contributed by atoms with Crippen LogP contribution in [0.5, 0.6) is 17.2 Å². The lowest BCUT2D eigenvalue weighted by molar-refractivity contribution is 0.0719. The quantitative estimate of drug-likeness (QED) is 0.0741. The minimum absolute atomic E-state index is 0.343. The van der Waals surface area contributed by atoms with Crippen LogP contribution in [0.15, 0.2) is 72.8 Å². The molecule has 0 radical (unpaired) electrons. The zero-order valence-electron chi connectivity index (χ0n) is 25.0. The van der Waals surface area contributed by atoms with Gasteiger partial charge >= 0.3 is 11.9 Å². The van der Waals surface area contributed by atoms with Crippen LogP contribution in [-0.4, -0.2) is 18.5 Å². The number of hydrogen-bond donors (Lipinski definition) is 0. The molecule has 0 aliphatic rings. The number of rotatable bonds is 20. The second kappa shape index (κ2) is 19.7. The topological polar surface area (TPSA) is 61.8 Å². The Bertz CT molecular complexity index is 1170. The maximum absolute atomic E-state index is 12.5. The van der Waals surface area contributed by atoms with Crippen molar-refractivity contribution in [2.45, 2.75) is 96.8 Å². The van der Waals surface area contributed by atoms with E-state index in [-0.39, 0.29) is 0 Å². The standard InChI is InChI=1S/C36H45ClO5/c1-2-3-4-5-6-7-8-9-10-11-12-13-14-15-28-40-32-22-18-30(19-23-32)36(39)42-34-26-24-33(25-27-34)41-35(38)29-16-20-31(37)21-17-29/h16-27H,2-15,28H2,1H3. The Hall–Kier alpha value is -3.31. The van der Waals surface area contributed by atoms with Crippen LogP contribution in [-0.2, 0) is 0 Å². The normalized spacial score (nSPS) is 10.8. The highest BCUT2D eigenvalue weighted by molar-refractivity contribution is 6.30. The molecule has 226 valence electrons. The molecule has 5 nitrogen and oxygen atoms in total. The first-order chi connectivity index (χ1) is 20.5. The molecule has 0 unspecified atom stereocenters. The molecule has 0 atom stereocenters. The minimum atomic E-state index is -0.497. The first-order valence-electron chi connectivity index (χ1n) is 15.6. The maximum atomic E-state index is 12.5. The van der Waals surface area contributed by atoms with Crippen LogP contribution in [0, 0.1) is 0 Å². The van der Waals surface area contributed by atoms with Gasteiger partial charge in [0, 0.05) is 5.02 Å². The fraction of sp³-hybridized carbons (Fsp3) is 0.444. The summed E-state index contributed by atoms with van der Waals surface area (Å²) in [5, 5.41) is 0.542. The van der Waals surface area contributed by atoms with Crippen molar-refractivity contribution in [2.24, 2.45) is 0 Å². The second-order valence-electron chi connectivity index (χ2n) is 10.7. The zero-order chi connectivity index (χ0) is 29.8. The average molecular weight is 593 g/mol. The lowest BCUT2D eigenvalue weighted by atomic mass is 10.0. The Morgan fingerprint density at radius 2 is 0.857 bits per heavy atom. The molecule has 0 aliphatic heterocycles. The first-order valence-corrected chi connectivity index (χ1v) is 16.0. The summed E-state index contributed by atoms with van der Waals surface area (Å²) in [7, 11) is 0. The summed E-state index contributed by atoms with van der Waals surface area (Å²) in [5.41, 5.74) is 0.819. The molecule has 0 amide bonds. The number of carbonyl (C=O) groups is 2. The van der Waals surface area contributed by atoms with Gasteiger partial charge in [0.25, 0.3) is 0 Å². The van der Waals surface area contributed by atoms with E-state index in [0.29, 0.717) is 34.3 Å². The van der Waals surface area contributed by atoms with E-state index in [2.05, 4.69) is 6.92 Å². The largest absolute Gasteiger partial charge is 0.494 e. The third-order valence-corrected chi connectivity index (χ3v) is 7.43. The van der Waals surface area contributed by atoms with Gasteiger partial charge in [0.2, 0.25) is 0 Å². The molecule has 3 aromatic rings. The number of carbonyl (C=O) groups excluding carboxylic acids is 2. The fourth-order valence-corrected chi connectivity index (χ4v) is 4.79. The Morgan fingerprint density at radius 1 is 0.500 bits per heavy atom. The fourth-order valence-electron chi connectivity index (χ4n) is 4.67. The van der Waals surface area contributed by atoms with E-state index in [9.17, 15) is 9.59 Å². The van der Waals surface area contributed by atoms with E-state index < -0.39 is 11.9 Å². The molecule has 0 heterocycles. The van der Waals surface area contributed by atoms with Gasteiger partial charge in [-0.1, -0.05) is 102 Å². The van der Waals surface area contributed by atoms with E-state index in [1.165, 1.54) is 83.5 Å². The van der Waals surface area contributed by atoms with Gasteiger partial charge in [-0.05, 0) is 79.2 Å². The average Bonchev–Trinajstić information content (AvgIpc) is 3.00. The van der Waals surface area contributed by atoms with Gasteiger partial charge in [-0.15, -0.1) is 0 Å². The molecule has 3 aromatic carbocycles. The van der Waals surface area contributed by atoms with Gasteiger partial charge in [0.1, 0.15) is 17.2 Å². The van der Waals surface area contributed by atoms with Gasteiger partial charge in [-0.3, -0.25) is 0 Å². The first kappa shape index (κ1) is 33.2. The molecule has 3 rings (SSSR count). The van der Waals surface area contributed by atoms with Crippen molar-refractivity contribution >= 4 is 23.5 Å². The van der Waals surface area contributed by atoms with Crippen molar-refractivity contribution in [3.63, 3.8) is 0 Å². The molecule has 6 heteroatoms. The lowest BCUT2D eigenvalue weighted by Gasteiger charge is -2.09. The van der Waals surface area contributed by atoms with Gasteiger partial charge in [-0.25, -0.2) is 9.59 Å². The van der Waals surface area contributed by atoms with Gasteiger partial charge < -0.3 is 14.2 Å². The number of hydrogen-bond acceptors (Lipinski definition) is 5. The molecule has 0 saturated heterocycles. The van der Waals surface area contributed by atoms with E-state index >= 15 is 0 Å². The van der Waals surface area contributed by atoms with Crippen LogP contribution < -0.4 is 14.2 Å². The SMILES string of the molecule is CCCCCCCCCCCCCCCCOc1ccc(C(=O)Oc2ccc(OC(=O)c3ccc(Cl)cc3)cc2)cc1. The van der Waals surface area contributed by atoms with Crippen LogP contribution >= 0.6 is 11.6 Å². The number of halogens is 1.